The van der Waals surface area contributed by atoms with Crippen LogP contribution in [0, 0.1) is 5.92 Å². The summed E-state index contributed by atoms with van der Waals surface area (Å²) in [5, 5.41) is 6.89. The van der Waals surface area contributed by atoms with Crippen molar-refractivity contribution in [1.82, 2.24) is 35.1 Å². The van der Waals surface area contributed by atoms with Gasteiger partial charge in [-0.1, -0.05) is 86.6 Å². The normalized spacial score (nSPS) is 17.5. The molecule has 14 nitrogen and oxygen atoms in total. The van der Waals surface area contributed by atoms with Crippen LogP contribution in [-0.4, -0.2) is 100 Å². The van der Waals surface area contributed by atoms with Crippen LogP contribution in [0.5, 0.6) is 0 Å². The number of morpholine rings is 1. The first-order valence-electron chi connectivity index (χ1n) is 21.8. The first-order chi connectivity index (χ1) is 31.1. The van der Waals surface area contributed by atoms with E-state index in [0.29, 0.717) is 25.5 Å². The van der Waals surface area contributed by atoms with Gasteiger partial charge in [0.2, 0.25) is 11.8 Å². The number of H-pyrrole nitrogens is 2. The van der Waals surface area contributed by atoms with E-state index in [9.17, 15) is 19.2 Å². The van der Waals surface area contributed by atoms with Gasteiger partial charge in [-0.05, 0) is 75.9 Å². The van der Waals surface area contributed by atoms with Gasteiger partial charge in [-0.2, -0.15) is 0 Å². The molecule has 0 bridgehead atoms. The number of imidazole rings is 2. The van der Waals surface area contributed by atoms with E-state index < -0.39 is 30.1 Å². The van der Waals surface area contributed by atoms with Crippen LogP contribution >= 0.6 is 0 Å². The maximum absolute atomic E-state index is 14.0. The molecule has 2 aromatic heterocycles. The van der Waals surface area contributed by atoms with Crippen LogP contribution in [-0.2, 0) is 28.6 Å². The second kappa shape index (κ2) is 18.0. The molecule has 9 rings (SSSR count). The van der Waals surface area contributed by atoms with Crippen molar-refractivity contribution in [3.05, 3.63) is 120 Å². The highest BCUT2D eigenvalue weighted by Gasteiger charge is 2.38. The van der Waals surface area contributed by atoms with Gasteiger partial charge in [0.15, 0.2) is 0 Å². The maximum Gasteiger partial charge on any atom is 0.407 e. The second-order valence-corrected chi connectivity index (χ2v) is 16.9. The standard InChI is InChI=1S/C50H51N7O7/c1-29(2)44(55-50(61)63-4)49(60)57-21-22-64-28-42(57)47-52-39-19-17-35-24-34(16-18-37(35)45(39)54-47)31-12-13-33-25-36(15-14-32(33)23-31)40-27-51-46(53-40)41-11-8-20-56(41)48(59)38(26-43(58)62-3)30-9-6-5-7-10-30/h5-7,9-10,12-19,23-25,27,29,38,41-42,44H,8,11,20-22,26,28H2,1-4H3,(H,51,53)(H,52,54)(H,55,61)/t38-,41+,42+,44+/m1/s1. The Bertz CT molecular complexity index is 2870. The van der Waals surface area contributed by atoms with Crippen LogP contribution in [0.2, 0.25) is 0 Å². The predicted octanol–water partition coefficient (Wildman–Crippen LogP) is 8.22. The molecule has 2 aliphatic rings. The predicted molar refractivity (Wildman–Crippen MR) is 243 cm³/mol. The molecule has 0 aliphatic carbocycles. The number of rotatable bonds is 11. The van der Waals surface area contributed by atoms with E-state index in [1.807, 2.05) is 61.3 Å². The number of amides is 3. The van der Waals surface area contributed by atoms with Crippen molar-refractivity contribution >= 4 is 56.5 Å². The van der Waals surface area contributed by atoms with E-state index in [-0.39, 0.29) is 36.8 Å². The molecule has 328 valence electrons. The number of hydrogen-bond acceptors (Lipinski definition) is 9. The molecule has 0 radical (unpaired) electrons. The highest BCUT2D eigenvalue weighted by molar-refractivity contribution is 6.06. The minimum absolute atomic E-state index is 0.0249. The highest BCUT2D eigenvalue weighted by Crippen LogP contribution is 2.37. The molecule has 7 aromatic rings. The van der Waals surface area contributed by atoms with Crippen molar-refractivity contribution in [2.45, 2.75) is 57.2 Å². The number of benzene rings is 5. The third-order valence-electron chi connectivity index (χ3n) is 12.6. The van der Waals surface area contributed by atoms with Gasteiger partial charge in [0.05, 0.1) is 68.7 Å². The van der Waals surface area contributed by atoms with Crippen LogP contribution in [0.3, 0.4) is 0 Å². The van der Waals surface area contributed by atoms with E-state index in [1.165, 1.54) is 14.2 Å². The van der Waals surface area contributed by atoms with Gasteiger partial charge in [0.25, 0.3) is 0 Å². The highest BCUT2D eigenvalue weighted by atomic mass is 16.5. The number of alkyl carbamates (subject to hydrolysis) is 1. The smallest absolute Gasteiger partial charge is 0.407 e. The van der Waals surface area contributed by atoms with Crippen LogP contribution < -0.4 is 5.32 Å². The number of methoxy groups -OCH3 is 2. The van der Waals surface area contributed by atoms with Crippen molar-refractivity contribution in [3.63, 3.8) is 0 Å². The van der Waals surface area contributed by atoms with Crippen molar-refractivity contribution in [2.75, 3.05) is 40.5 Å². The van der Waals surface area contributed by atoms with Crippen LogP contribution in [0.1, 0.15) is 68.3 Å². The Morgan fingerprint density at radius 3 is 2.23 bits per heavy atom. The molecule has 3 N–H and O–H groups in total. The minimum atomic E-state index is -0.756. The Balaban J connectivity index is 0.929. The van der Waals surface area contributed by atoms with E-state index in [0.717, 1.165) is 79.2 Å². The summed E-state index contributed by atoms with van der Waals surface area (Å²) < 4.78 is 15.6. The lowest BCUT2D eigenvalue weighted by Gasteiger charge is -2.37. The zero-order chi connectivity index (χ0) is 44.5. The van der Waals surface area contributed by atoms with E-state index >= 15 is 0 Å². The Hall–Kier alpha value is -7.06. The lowest BCUT2D eigenvalue weighted by Crippen LogP contribution is -2.54. The minimum Gasteiger partial charge on any atom is -0.469 e. The van der Waals surface area contributed by atoms with Crippen molar-refractivity contribution in [1.29, 1.82) is 0 Å². The largest absolute Gasteiger partial charge is 0.469 e. The number of ether oxygens (including phenoxy) is 3. The number of aromatic nitrogens is 4. The van der Waals surface area contributed by atoms with Crippen molar-refractivity contribution in [2.24, 2.45) is 5.92 Å². The fourth-order valence-corrected chi connectivity index (χ4v) is 9.17. The van der Waals surface area contributed by atoms with Gasteiger partial charge < -0.3 is 39.3 Å². The Kier molecular flexibility index (Phi) is 11.9. The summed E-state index contributed by atoms with van der Waals surface area (Å²) in [7, 11) is 2.63. The molecule has 0 saturated carbocycles. The molecule has 2 aliphatic heterocycles. The van der Waals surface area contributed by atoms with Crippen LogP contribution in [0.15, 0.2) is 103 Å². The van der Waals surface area contributed by atoms with Gasteiger partial charge in [-0.25, -0.2) is 14.8 Å². The molecule has 5 aromatic carbocycles. The van der Waals surface area contributed by atoms with Crippen molar-refractivity contribution in [3.8, 4) is 22.4 Å². The van der Waals surface area contributed by atoms with E-state index in [4.69, 9.17) is 24.2 Å². The Labute approximate surface area is 370 Å². The summed E-state index contributed by atoms with van der Waals surface area (Å²) in [6.45, 7) is 5.40. The number of esters is 1. The lowest BCUT2D eigenvalue weighted by molar-refractivity contribution is -0.145. The molecular formula is C50H51N7O7. The zero-order valence-electron chi connectivity index (χ0n) is 36.3. The monoisotopic (exact) mass is 861 g/mol. The molecule has 3 amide bonds. The first kappa shape index (κ1) is 42.3. The average molecular weight is 862 g/mol. The number of carbonyl (C=O) groups excluding carboxylic acids is 4. The molecule has 64 heavy (non-hydrogen) atoms. The molecular weight excluding hydrogens is 811 g/mol. The third-order valence-corrected chi connectivity index (χ3v) is 12.6. The number of hydrogen-bond donors (Lipinski definition) is 3. The van der Waals surface area contributed by atoms with E-state index in [2.05, 4.69) is 75.9 Å². The summed E-state index contributed by atoms with van der Waals surface area (Å²) >= 11 is 0. The van der Waals surface area contributed by atoms with Crippen LogP contribution in [0.4, 0.5) is 4.79 Å². The number of nitrogens with zero attached hydrogens (tertiary/aromatic N) is 4. The zero-order valence-corrected chi connectivity index (χ0v) is 36.3. The van der Waals surface area contributed by atoms with Crippen molar-refractivity contribution < 1.29 is 33.4 Å². The number of nitrogens with one attached hydrogen (secondary N) is 3. The summed E-state index contributed by atoms with van der Waals surface area (Å²) in [5.74, 6) is -0.176. The molecule has 4 atom stereocenters. The fraction of sp³-hybridized carbons (Fsp3) is 0.320. The number of carbonyl (C=O) groups is 4. The Morgan fingerprint density at radius 1 is 0.781 bits per heavy atom. The quantitative estimate of drug-likeness (QED) is 0.108. The summed E-state index contributed by atoms with van der Waals surface area (Å²) in [4.78, 5) is 72.7. The summed E-state index contributed by atoms with van der Waals surface area (Å²) in [6.07, 6.45) is 2.77. The van der Waals surface area contributed by atoms with Gasteiger partial charge in [-0.3, -0.25) is 14.4 Å². The maximum atomic E-state index is 14.0. The average Bonchev–Trinajstić information content (AvgIpc) is 4.12. The molecule has 14 heteroatoms. The number of fused-ring (bicyclic) bond motifs is 4. The number of aromatic amines is 2. The van der Waals surface area contributed by atoms with Gasteiger partial charge in [0.1, 0.15) is 23.7 Å². The lowest BCUT2D eigenvalue weighted by atomic mass is 9.94. The van der Waals surface area contributed by atoms with Crippen LogP contribution in [0.25, 0.3) is 55.0 Å². The van der Waals surface area contributed by atoms with Gasteiger partial charge >= 0.3 is 12.1 Å². The fourth-order valence-electron chi connectivity index (χ4n) is 9.17. The van der Waals surface area contributed by atoms with Gasteiger partial charge in [-0.15, -0.1) is 0 Å². The molecule has 2 fully saturated rings. The number of likely N-dealkylation sites (tertiary alicyclic amines) is 1. The third kappa shape index (κ3) is 8.28. The van der Waals surface area contributed by atoms with E-state index in [1.54, 1.807) is 4.90 Å². The SMILES string of the molecule is COC(=O)C[C@@H](C(=O)N1CCC[C@H]1c1ncc(-c2ccc3cc(-c4ccc5c(ccc6[nH]c([C@@H]7COCCN7C(=O)[C@@H](NC(=O)OC)C(C)C)nc65)c4)ccc3c2)[nH]1)c1ccccc1. The molecule has 4 heterocycles. The molecule has 2 saturated heterocycles. The molecule has 0 unspecified atom stereocenters. The first-order valence-corrected chi connectivity index (χ1v) is 21.8. The Morgan fingerprint density at radius 2 is 1.48 bits per heavy atom. The summed E-state index contributed by atoms with van der Waals surface area (Å²) in [5.41, 5.74) is 6.45. The molecule has 0 spiro atoms. The second-order valence-electron chi connectivity index (χ2n) is 16.9. The van der Waals surface area contributed by atoms with Gasteiger partial charge in [0, 0.05) is 24.0 Å². The topological polar surface area (TPSA) is 172 Å². The summed E-state index contributed by atoms with van der Waals surface area (Å²) in [6, 6.07) is 31.2.